The van der Waals surface area contributed by atoms with Crippen LogP contribution >= 0.6 is 11.8 Å². The van der Waals surface area contributed by atoms with E-state index in [1.54, 1.807) is 17.8 Å². The summed E-state index contributed by atoms with van der Waals surface area (Å²) < 4.78 is 6.16. The van der Waals surface area contributed by atoms with E-state index in [1.807, 2.05) is 12.3 Å². The SMILES string of the molecule is CSCCNC(=O)C1C[C@@]2(O)[C@H]3Cc4ccc(O)c5c4[C@@]2(CCN3CC2CC2)[C@@H](O5)C1=O. The summed E-state index contributed by atoms with van der Waals surface area (Å²) in [6.45, 7) is 2.23. The number of ether oxygens (including phenoxy) is 1. The highest BCUT2D eigenvalue weighted by Gasteiger charge is 2.75. The van der Waals surface area contributed by atoms with E-state index in [9.17, 15) is 19.8 Å². The van der Waals surface area contributed by atoms with Crippen LogP contribution in [0, 0.1) is 11.8 Å². The van der Waals surface area contributed by atoms with Gasteiger partial charge in [0.15, 0.2) is 23.4 Å². The monoisotopic (exact) mass is 458 g/mol. The largest absolute Gasteiger partial charge is 0.504 e. The number of Topliss-reactive ketones (excluding diaryl/α,β-unsaturated/α-hetero) is 1. The van der Waals surface area contributed by atoms with Crippen LogP contribution in [0.4, 0.5) is 0 Å². The number of nitrogens with one attached hydrogen (secondary N) is 1. The van der Waals surface area contributed by atoms with Gasteiger partial charge in [-0.25, -0.2) is 0 Å². The standard InChI is InChI=1S/C24H30N2O5S/c1-32-9-7-25-22(29)15-11-24(30)17-10-14-4-5-16(27)20-18(14)23(24,21(31-20)19(15)28)6-8-26(17)12-13-2-3-13/h4-5,13,15,17,21,27,30H,2-3,6-12H2,1H3,(H,25,29)/t15?,17-,21+,23+,24-/m1/s1. The Morgan fingerprint density at radius 3 is 2.94 bits per heavy atom. The predicted molar refractivity (Wildman–Crippen MR) is 120 cm³/mol. The summed E-state index contributed by atoms with van der Waals surface area (Å²) in [5.74, 6) is 0.237. The maximum absolute atomic E-state index is 13.7. The van der Waals surface area contributed by atoms with Crippen LogP contribution in [0.5, 0.6) is 11.5 Å². The second-order valence-corrected chi connectivity index (χ2v) is 11.2. The molecule has 6 rings (SSSR count). The number of nitrogens with zero attached hydrogens (tertiary/aromatic N) is 1. The van der Waals surface area contributed by atoms with Crippen LogP contribution in [0.25, 0.3) is 0 Å². The number of hydrogen-bond donors (Lipinski definition) is 3. The van der Waals surface area contributed by atoms with Gasteiger partial charge in [0.2, 0.25) is 5.91 Å². The number of phenols is 1. The number of ketones is 1. The molecule has 1 unspecified atom stereocenters. The molecule has 5 atom stereocenters. The van der Waals surface area contributed by atoms with Gasteiger partial charge in [0.25, 0.3) is 0 Å². The van der Waals surface area contributed by atoms with Crippen LogP contribution < -0.4 is 10.1 Å². The van der Waals surface area contributed by atoms with Crippen LogP contribution in [-0.4, -0.2) is 76.2 Å². The first-order valence-corrected chi connectivity index (χ1v) is 13.1. The third kappa shape index (κ3) is 2.63. The average Bonchev–Trinajstić information content (AvgIpc) is 3.51. The summed E-state index contributed by atoms with van der Waals surface area (Å²) in [6, 6.07) is 3.38. The molecule has 1 aromatic carbocycles. The van der Waals surface area contributed by atoms with E-state index in [4.69, 9.17) is 4.74 Å². The number of hydrogen-bond acceptors (Lipinski definition) is 7. The molecule has 5 aliphatic rings. The molecule has 1 spiro atoms. The van der Waals surface area contributed by atoms with E-state index in [0.29, 0.717) is 31.1 Å². The zero-order valence-corrected chi connectivity index (χ0v) is 19.1. The highest BCUT2D eigenvalue weighted by atomic mass is 32.2. The molecule has 1 amide bonds. The molecule has 7 nitrogen and oxygen atoms in total. The molecular weight excluding hydrogens is 428 g/mol. The van der Waals surface area contributed by atoms with Crippen molar-refractivity contribution in [3.8, 4) is 11.5 Å². The molecule has 1 aromatic rings. The number of benzene rings is 1. The van der Waals surface area contributed by atoms with Gasteiger partial charge in [-0.05, 0) is 62.5 Å². The minimum absolute atomic E-state index is 0.00232. The van der Waals surface area contributed by atoms with Crippen molar-refractivity contribution < 1.29 is 24.5 Å². The normalized spacial score (nSPS) is 37.1. The van der Waals surface area contributed by atoms with E-state index in [1.165, 1.54) is 12.8 Å². The molecule has 8 heteroatoms. The Labute approximate surface area is 191 Å². The van der Waals surface area contributed by atoms with Gasteiger partial charge in [0.1, 0.15) is 5.92 Å². The van der Waals surface area contributed by atoms with Crippen LogP contribution in [0.1, 0.15) is 36.8 Å². The number of piperidine rings is 1. The van der Waals surface area contributed by atoms with Gasteiger partial charge in [-0.2, -0.15) is 11.8 Å². The Balaban J connectivity index is 1.45. The van der Waals surface area contributed by atoms with Crippen LogP contribution in [0.3, 0.4) is 0 Å². The van der Waals surface area contributed by atoms with Gasteiger partial charge in [-0.1, -0.05) is 6.07 Å². The Kier molecular flexibility index (Phi) is 4.63. The number of carbonyl (C=O) groups is 2. The molecule has 2 aliphatic heterocycles. The lowest BCUT2D eigenvalue weighted by Crippen LogP contribution is -2.78. The lowest BCUT2D eigenvalue weighted by atomic mass is 9.47. The van der Waals surface area contributed by atoms with Crippen molar-refractivity contribution in [2.75, 3.05) is 31.6 Å². The lowest BCUT2D eigenvalue weighted by Gasteiger charge is -2.63. The molecule has 0 radical (unpaired) electrons. The molecule has 2 saturated carbocycles. The molecular formula is C24H30N2O5S. The van der Waals surface area contributed by atoms with Crippen molar-refractivity contribution >= 4 is 23.5 Å². The fourth-order valence-corrected chi connectivity index (χ4v) is 7.23. The number of rotatable bonds is 6. The quantitative estimate of drug-likeness (QED) is 0.436. The van der Waals surface area contributed by atoms with Crippen LogP contribution in [-0.2, 0) is 21.4 Å². The second-order valence-electron chi connectivity index (χ2n) is 10.2. The van der Waals surface area contributed by atoms with Crippen molar-refractivity contribution in [2.24, 2.45) is 11.8 Å². The van der Waals surface area contributed by atoms with E-state index >= 15 is 0 Å². The minimum atomic E-state index is -1.26. The fourth-order valence-electron chi connectivity index (χ4n) is 6.92. The maximum Gasteiger partial charge on any atom is 0.230 e. The number of aromatic hydroxyl groups is 1. The molecule has 2 bridgehead atoms. The van der Waals surface area contributed by atoms with Gasteiger partial charge >= 0.3 is 0 Å². The van der Waals surface area contributed by atoms with Crippen molar-refractivity contribution in [1.29, 1.82) is 0 Å². The van der Waals surface area contributed by atoms with Crippen molar-refractivity contribution in [2.45, 2.75) is 55.3 Å². The zero-order valence-electron chi connectivity index (χ0n) is 18.3. The Bertz CT molecular complexity index is 997. The number of aliphatic hydroxyl groups is 1. The highest BCUT2D eigenvalue weighted by Crippen LogP contribution is 2.65. The summed E-state index contributed by atoms with van der Waals surface area (Å²) >= 11 is 1.63. The van der Waals surface area contributed by atoms with Crippen molar-refractivity contribution in [3.05, 3.63) is 23.3 Å². The summed E-state index contributed by atoms with van der Waals surface area (Å²) in [7, 11) is 0. The highest BCUT2D eigenvalue weighted by molar-refractivity contribution is 7.98. The lowest BCUT2D eigenvalue weighted by molar-refractivity contribution is -0.198. The van der Waals surface area contributed by atoms with E-state index in [2.05, 4.69) is 10.2 Å². The number of thioether (sulfide) groups is 1. The van der Waals surface area contributed by atoms with Gasteiger partial charge in [-0.3, -0.25) is 14.5 Å². The van der Waals surface area contributed by atoms with Crippen molar-refractivity contribution in [1.82, 2.24) is 10.2 Å². The van der Waals surface area contributed by atoms with E-state index in [-0.39, 0.29) is 29.9 Å². The topological polar surface area (TPSA) is 99.1 Å². The third-order valence-electron chi connectivity index (χ3n) is 8.55. The van der Waals surface area contributed by atoms with E-state index in [0.717, 1.165) is 30.0 Å². The molecule has 32 heavy (non-hydrogen) atoms. The predicted octanol–water partition coefficient (Wildman–Crippen LogP) is 1.23. The molecule has 3 aliphatic carbocycles. The Morgan fingerprint density at radius 1 is 1.38 bits per heavy atom. The zero-order chi connectivity index (χ0) is 22.3. The molecule has 3 N–H and O–H groups in total. The third-order valence-corrected chi connectivity index (χ3v) is 9.16. The molecule has 2 heterocycles. The minimum Gasteiger partial charge on any atom is -0.504 e. The molecule has 3 fully saturated rings. The first kappa shape index (κ1) is 20.8. The van der Waals surface area contributed by atoms with E-state index < -0.39 is 23.0 Å². The fraction of sp³-hybridized carbons (Fsp3) is 0.667. The average molecular weight is 459 g/mol. The van der Waals surface area contributed by atoms with Gasteiger partial charge in [0.05, 0.1) is 11.0 Å². The number of carbonyl (C=O) groups excluding carboxylic acids is 2. The van der Waals surface area contributed by atoms with Gasteiger partial charge in [-0.15, -0.1) is 0 Å². The summed E-state index contributed by atoms with van der Waals surface area (Å²) in [6.07, 6.45) is 4.82. The Morgan fingerprint density at radius 2 is 2.19 bits per heavy atom. The first-order valence-electron chi connectivity index (χ1n) is 11.7. The Hall–Kier alpha value is -1.77. The smallest absolute Gasteiger partial charge is 0.230 e. The molecule has 0 aromatic heterocycles. The number of phenolic OH excluding ortho intramolecular Hbond substituents is 1. The maximum atomic E-state index is 13.7. The number of likely N-dealkylation sites (tertiary alicyclic amines) is 1. The summed E-state index contributed by atoms with van der Waals surface area (Å²) in [4.78, 5) is 29.1. The number of amides is 1. The first-order chi connectivity index (χ1) is 15.4. The molecule has 1 saturated heterocycles. The summed E-state index contributed by atoms with van der Waals surface area (Å²) in [5, 5.41) is 25.9. The molecule has 172 valence electrons. The van der Waals surface area contributed by atoms with Crippen LogP contribution in [0.2, 0.25) is 0 Å². The van der Waals surface area contributed by atoms with Crippen LogP contribution in [0.15, 0.2) is 12.1 Å². The van der Waals surface area contributed by atoms with Gasteiger partial charge < -0.3 is 20.3 Å². The van der Waals surface area contributed by atoms with Crippen molar-refractivity contribution in [3.63, 3.8) is 0 Å². The summed E-state index contributed by atoms with van der Waals surface area (Å²) in [5.41, 5.74) is -0.299. The second kappa shape index (κ2) is 7.11. The van der Waals surface area contributed by atoms with Gasteiger partial charge in [0, 0.05) is 30.4 Å².